The van der Waals surface area contributed by atoms with E-state index in [0.29, 0.717) is 11.3 Å². The SMILES string of the molecule is C=C(CSCC)C(N)C(=O)O. The predicted molar refractivity (Wildman–Crippen MR) is 47.8 cm³/mol. The van der Waals surface area contributed by atoms with E-state index in [0.717, 1.165) is 5.75 Å². The van der Waals surface area contributed by atoms with Crippen molar-refractivity contribution in [1.82, 2.24) is 0 Å². The van der Waals surface area contributed by atoms with E-state index in [9.17, 15) is 4.79 Å². The van der Waals surface area contributed by atoms with Crippen molar-refractivity contribution in [3.05, 3.63) is 12.2 Å². The van der Waals surface area contributed by atoms with Gasteiger partial charge < -0.3 is 10.8 Å². The van der Waals surface area contributed by atoms with Crippen LogP contribution in [0.25, 0.3) is 0 Å². The zero-order chi connectivity index (χ0) is 8.85. The van der Waals surface area contributed by atoms with Crippen molar-refractivity contribution in [3.63, 3.8) is 0 Å². The van der Waals surface area contributed by atoms with Crippen LogP contribution in [0.4, 0.5) is 0 Å². The van der Waals surface area contributed by atoms with Crippen LogP contribution in [0, 0.1) is 0 Å². The summed E-state index contributed by atoms with van der Waals surface area (Å²) in [6.45, 7) is 5.59. The number of carboxylic acid groups (broad SMARTS) is 1. The van der Waals surface area contributed by atoms with Gasteiger partial charge in [-0.25, -0.2) is 0 Å². The van der Waals surface area contributed by atoms with Gasteiger partial charge in [0.1, 0.15) is 6.04 Å². The van der Waals surface area contributed by atoms with Gasteiger partial charge >= 0.3 is 5.97 Å². The lowest BCUT2D eigenvalue weighted by Crippen LogP contribution is -2.32. The van der Waals surface area contributed by atoms with Gasteiger partial charge in [0.05, 0.1) is 0 Å². The van der Waals surface area contributed by atoms with Crippen molar-refractivity contribution < 1.29 is 9.90 Å². The molecule has 4 heteroatoms. The van der Waals surface area contributed by atoms with Crippen molar-refractivity contribution in [2.75, 3.05) is 11.5 Å². The third-order valence-corrected chi connectivity index (χ3v) is 2.18. The second-order valence-electron chi connectivity index (χ2n) is 2.11. The average molecular weight is 175 g/mol. The normalized spacial score (nSPS) is 12.5. The first-order valence-corrected chi connectivity index (χ1v) is 4.48. The summed E-state index contributed by atoms with van der Waals surface area (Å²) < 4.78 is 0. The van der Waals surface area contributed by atoms with Crippen LogP contribution in [0.15, 0.2) is 12.2 Å². The van der Waals surface area contributed by atoms with Crippen molar-refractivity contribution in [3.8, 4) is 0 Å². The molecule has 0 fully saturated rings. The van der Waals surface area contributed by atoms with Gasteiger partial charge in [-0.3, -0.25) is 4.79 Å². The smallest absolute Gasteiger partial charge is 0.324 e. The number of carbonyl (C=O) groups is 1. The lowest BCUT2D eigenvalue weighted by atomic mass is 10.2. The molecule has 0 aliphatic carbocycles. The van der Waals surface area contributed by atoms with Crippen LogP contribution in [0.2, 0.25) is 0 Å². The van der Waals surface area contributed by atoms with E-state index in [-0.39, 0.29) is 0 Å². The summed E-state index contributed by atoms with van der Waals surface area (Å²) in [5, 5.41) is 8.46. The Morgan fingerprint density at radius 2 is 2.36 bits per heavy atom. The Hall–Kier alpha value is -0.480. The molecule has 1 unspecified atom stereocenters. The number of aliphatic carboxylic acids is 1. The first kappa shape index (κ1) is 10.5. The molecule has 1 atom stereocenters. The van der Waals surface area contributed by atoms with Crippen LogP contribution in [-0.2, 0) is 4.79 Å². The highest BCUT2D eigenvalue weighted by molar-refractivity contribution is 7.99. The zero-order valence-electron chi connectivity index (χ0n) is 6.54. The van der Waals surface area contributed by atoms with Crippen LogP contribution in [0.1, 0.15) is 6.92 Å². The largest absolute Gasteiger partial charge is 0.480 e. The van der Waals surface area contributed by atoms with E-state index in [1.807, 2.05) is 6.92 Å². The molecule has 3 N–H and O–H groups in total. The molecular weight excluding hydrogens is 162 g/mol. The lowest BCUT2D eigenvalue weighted by molar-refractivity contribution is -0.137. The molecule has 0 aliphatic heterocycles. The van der Waals surface area contributed by atoms with Crippen LogP contribution < -0.4 is 5.73 Å². The fourth-order valence-electron chi connectivity index (χ4n) is 0.498. The Balaban J connectivity index is 3.74. The lowest BCUT2D eigenvalue weighted by Gasteiger charge is -2.08. The molecule has 0 radical (unpaired) electrons. The molecule has 0 saturated carbocycles. The quantitative estimate of drug-likeness (QED) is 0.604. The number of carboxylic acids is 1. The number of rotatable bonds is 5. The van der Waals surface area contributed by atoms with E-state index in [2.05, 4.69) is 6.58 Å². The highest BCUT2D eigenvalue weighted by atomic mass is 32.2. The molecule has 3 nitrogen and oxygen atoms in total. The van der Waals surface area contributed by atoms with E-state index in [4.69, 9.17) is 10.8 Å². The van der Waals surface area contributed by atoms with Crippen molar-refractivity contribution >= 4 is 17.7 Å². The van der Waals surface area contributed by atoms with Gasteiger partial charge in [0.25, 0.3) is 0 Å². The van der Waals surface area contributed by atoms with Gasteiger partial charge in [0.15, 0.2) is 0 Å². The zero-order valence-corrected chi connectivity index (χ0v) is 7.36. The fraction of sp³-hybridized carbons (Fsp3) is 0.571. The van der Waals surface area contributed by atoms with E-state index in [1.165, 1.54) is 0 Å². The van der Waals surface area contributed by atoms with Crippen LogP contribution >= 0.6 is 11.8 Å². The first-order valence-electron chi connectivity index (χ1n) is 3.33. The molecule has 0 aromatic rings. The summed E-state index contributed by atoms with van der Waals surface area (Å²) in [6.07, 6.45) is 0. The summed E-state index contributed by atoms with van der Waals surface area (Å²) >= 11 is 1.62. The third-order valence-electron chi connectivity index (χ3n) is 1.20. The number of thioether (sulfide) groups is 1. The molecule has 0 aromatic carbocycles. The van der Waals surface area contributed by atoms with Crippen LogP contribution in [0.5, 0.6) is 0 Å². The fourth-order valence-corrected chi connectivity index (χ4v) is 1.14. The standard InChI is InChI=1S/C7H13NO2S/c1-3-11-4-5(2)6(8)7(9)10/h6H,2-4,8H2,1H3,(H,9,10). The number of hydrogen-bond donors (Lipinski definition) is 2. The Labute approximate surface area is 70.7 Å². The maximum absolute atomic E-state index is 10.3. The third kappa shape index (κ3) is 4.06. The van der Waals surface area contributed by atoms with Crippen LogP contribution in [-0.4, -0.2) is 28.6 Å². The summed E-state index contributed by atoms with van der Waals surface area (Å²) in [7, 11) is 0. The molecule has 0 aromatic heterocycles. The maximum atomic E-state index is 10.3. The second-order valence-corrected chi connectivity index (χ2v) is 3.39. The minimum absolute atomic E-state index is 0.573. The molecule has 0 rings (SSSR count). The molecule has 0 aliphatic rings. The summed E-state index contributed by atoms with van der Waals surface area (Å²) in [5.41, 5.74) is 5.86. The Bertz CT molecular complexity index is 159. The minimum Gasteiger partial charge on any atom is -0.480 e. The Kier molecular flexibility index (Phi) is 4.98. The van der Waals surface area contributed by atoms with Gasteiger partial charge in [0.2, 0.25) is 0 Å². The molecular formula is C7H13NO2S. The van der Waals surface area contributed by atoms with Crippen molar-refractivity contribution in [2.24, 2.45) is 5.73 Å². The Morgan fingerprint density at radius 1 is 1.82 bits per heavy atom. The topological polar surface area (TPSA) is 63.3 Å². The Morgan fingerprint density at radius 3 is 2.73 bits per heavy atom. The number of hydrogen-bond acceptors (Lipinski definition) is 3. The van der Waals surface area contributed by atoms with Gasteiger partial charge in [-0.15, -0.1) is 0 Å². The molecule has 0 bridgehead atoms. The van der Waals surface area contributed by atoms with Crippen molar-refractivity contribution in [1.29, 1.82) is 0 Å². The van der Waals surface area contributed by atoms with Gasteiger partial charge in [-0.05, 0) is 11.3 Å². The molecule has 0 saturated heterocycles. The van der Waals surface area contributed by atoms with Crippen molar-refractivity contribution in [2.45, 2.75) is 13.0 Å². The highest BCUT2D eigenvalue weighted by Gasteiger charge is 2.14. The maximum Gasteiger partial charge on any atom is 0.324 e. The predicted octanol–water partition coefficient (Wildman–Crippen LogP) is 0.708. The average Bonchev–Trinajstić information content (AvgIpc) is 1.98. The van der Waals surface area contributed by atoms with Gasteiger partial charge in [-0.1, -0.05) is 13.5 Å². The molecule has 11 heavy (non-hydrogen) atoms. The monoisotopic (exact) mass is 175 g/mol. The second kappa shape index (κ2) is 5.21. The molecule has 64 valence electrons. The van der Waals surface area contributed by atoms with E-state index < -0.39 is 12.0 Å². The van der Waals surface area contributed by atoms with Gasteiger partial charge in [0, 0.05) is 5.75 Å². The van der Waals surface area contributed by atoms with E-state index in [1.54, 1.807) is 11.8 Å². The summed E-state index contributed by atoms with van der Waals surface area (Å²) in [6, 6.07) is -0.908. The van der Waals surface area contributed by atoms with Gasteiger partial charge in [-0.2, -0.15) is 11.8 Å². The highest BCUT2D eigenvalue weighted by Crippen LogP contribution is 2.07. The molecule has 0 amide bonds. The molecule has 0 spiro atoms. The summed E-state index contributed by atoms with van der Waals surface area (Å²) in [5.74, 6) is 0.571. The number of nitrogens with two attached hydrogens (primary N) is 1. The first-order chi connectivity index (χ1) is 5.09. The summed E-state index contributed by atoms with van der Waals surface area (Å²) in [4.78, 5) is 10.3. The van der Waals surface area contributed by atoms with Crippen LogP contribution in [0.3, 0.4) is 0 Å². The van der Waals surface area contributed by atoms with E-state index >= 15 is 0 Å². The minimum atomic E-state index is -1.01. The molecule has 0 heterocycles.